The molecular formula is C16H21N3O. The largest absolute Gasteiger partial charge is 0.378 e. The summed E-state index contributed by atoms with van der Waals surface area (Å²) in [7, 11) is 1.80. The zero-order valence-corrected chi connectivity index (χ0v) is 11.8. The minimum absolute atomic E-state index is 0.000924. The van der Waals surface area contributed by atoms with Crippen molar-refractivity contribution in [3.63, 3.8) is 0 Å². The van der Waals surface area contributed by atoms with Crippen molar-refractivity contribution in [2.24, 2.45) is 5.84 Å². The summed E-state index contributed by atoms with van der Waals surface area (Å²) in [6.45, 7) is 0. The lowest BCUT2D eigenvalue weighted by Gasteiger charge is -2.42. The van der Waals surface area contributed by atoms with Crippen LogP contribution in [0.25, 0.3) is 10.9 Å². The van der Waals surface area contributed by atoms with E-state index >= 15 is 0 Å². The molecule has 1 aliphatic carbocycles. The molecule has 0 bridgehead atoms. The van der Waals surface area contributed by atoms with Gasteiger partial charge in [0.2, 0.25) is 0 Å². The van der Waals surface area contributed by atoms with Crippen LogP contribution in [-0.4, -0.2) is 17.7 Å². The summed E-state index contributed by atoms with van der Waals surface area (Å²) in [6.07, 6.45) is 6.21. The van der Waals surface area contributed by atoms with E-state index in [0.29, 0.717) is 0 Å². The number of rotatable bonds is 5. The van der Waals surface area contributed by atoms with Gasteiger partial charge in [-0.15, -0.1) is 0 Å². The topological polar surface area (TPSA) is 60.2 Å². The zero-order valence-electron chi connectivity index (χ0n) is 11.8. The predicted molar refractivity (Wildman–Crippen MR) is 80.0 cm³/mol. The molecule has 1 heterocycles. The van der Waals surface area contributed by atoms with Gasteiger partial charge in [0.05, 0.1) is 11.1 Å². The summed E-state index contributed by atoms with van der Waals surface area (Å²) >= 11 is 0. The first-order valence-corrected chi connectivity index (χ1v) is 7.12. The highest BCUT2D eigenvalue weighted by Crippen LogP contribution is 2.41. The van der Waals surface area contributed by atoms with Crippen molar-refractivity contribution in [1.29, 1.82) is 0 Å². The van der Waals surface area contributed by atoms with Crippen molar-refractivity contribution in [2.45, 2.75) is 37.3 Å². The molecule has 3 rings (SSSR count). The van der Waals surface area contributed by atoms with Crippen molar-refractivity contribution in [2.75, 3.05) is 7.11 Å². The standard InChI is InChI=1S/C16H21N3O/c1-20-16(7-3-8-16)11-15(19-17)13-5-6-14-12(10-13)4-2-9-18-14/h2,4-6,9-10,15,19H,3,7-8,11,17H2,1H3. The monoisotopic (exact) mass is 271 g/mol. The molecular weight excluding hydrogens is 250 g/mol. The van der Waals surface area contributed by atoms with Gasteiger partial charge in [0.15, 0.2) is 0 Å². The van der Waals surface area contributed by atoms with Gasteiger partial charge in [-0.05, 0) is 49.4 Å². The van der Waals surface area contributed by atoms with E-state index in [4.69, 9.17) is 10.6 Å². The molecule has 0 amide bonds. The highest BCUT2D eigenvalue weighted by atomic mass is 16.5. The van der Waals surface area contributed by atoms with E-state index in [0.717, 1.165) is 30.2 Å². The number of nitrogens with one attached hydrogen (secondary N) is 1. The van der Waals surface area contributed by atoms with E-state index in [9.17, 15) is 0 Å². The van der Waals surface area contributed by atoms with Gasteiger partial charge < -0.3 is 4.74 Å². The molecule has 4 heteroatoms. The van der Waals surface area contributed by atoms with Gasteiger partial charge in [0.1, 0.15) is 0 Å². The van der Waals surface area contributed by atoms with Crippen LogP contribution >= 0.6 is 0 Å². The molecule has 0 spiro atoms. The summed E-state index contributed by atoms with van der Waals surface area (Å²) in [6, 6.07) is 10.5. The van der Waals surface area contributed by atoms with Crippen molar-refractivity contribution in [3.8, 4) is 0 Å². The molecule has 1 aliphatic rings. The van der Waals surface area contributed by atoms with Gasteiger partial charge in [0, 0.05) is 24.7 Å². The second kappa shape index (κ2) is 5.48. The van der Waals surface area contributed by atoms with Crippen molar-refractivity contribution in [1.82, 2.24) is 10.4 Å². The van der Waals surface area contributed by atoms with Crippen LogP contribution in [0.4, 0.5) is 0 Å². The van der Waals surface area contributed by atoms with E-state index < -0.39 is 0 Å². The van der Waals surface area contributed by atoms with Crippen LogP contribution in [0.5, 0.6) is 0 Å². The Balaban J connectivity index is 1.87. The first kappa shape index (κ1) is 13.5. The molecule has 0 saturated heterocycles. The van der Waals surface area contributed by atoms with E-state index in [1.807, 2.05) is 12.3 Å². The fourth-order valence-corrected chi connectivity index (χ4v) is 3.02. The number of methoxy groups -OCH3 is 1. The van der Waals surface area contributed by atoms with Crippen LogP contribution in [0, 0.1) is 0 Å². The molecule has 1 atom stereocenters. The second-order valence-corrected chi connectivity index (χ2v) is 5.62. The van der Waals surface area contributed by atoms with E-state index in [2.05, 4.69) is 34.7 Å². The van der Waals surface area contributed by atoms with Gasteiger partial charge >= 0.3 is 0 Å². The maximum atomic E-state index is 5.77. The predicted octanol–water partition coefficient (Wildman–Crippen LogP) is 2.70. The molecule has 4 nitrogen and oxygen atoms in total. The third-order valence-electron chi connectivity index (χ3n) is 4.50. The molecule has 1 aromatic heterocycles. The van der Waals surface area contributed by atoms with Crippen molar-refractivity contribution in [3.05, 3.63) is 42.1 Å². The highest BCUT2D eigenvalue weighted by Gasteiger charge is 2.39. The van der Waals surface area contributed by atoms with Gasteiger partial charge in [-0.25, -0.2) is 0 Å². The Morgan fingerprint density at radius 1 is 1.40 bits per heavy atom. The van der Waals surface area contributed by atoms with Gasteiger partial charge in [0.25, 0.3) is 0 Å². The molecule has 3 N–H and O–H groups in total. The molecule has 0 aliphatic heterocycles. The number of hydrazine groups is 1. The molecule has 1 saturated carbocycles. The number of benzene rings is 1. The number of nitrogens with two attached hydrogens (primary N) is 1. The number of hydrogen-bond donors (Lipinski definition) is 2. The van der Waals surface area contributed by atoms with Crippen molar-refractivity contribution < 1.29 is 4.74 Å². The van der Waals surface area contributed by atoms with Crippen LogP contribution in [0.2, 0.25) is 0 Å². The Morgan fingerprint density at radius 3 is 2.90 bits per heavy atom. The fourth-order valence-electron chi connectivity index (χ4n) is 3.02. The van der Waals surface area contributed by atoms with Gasteiger partial charge in [-0.2, -0.15) is 0 Å². The summed E-state index contributed by atoms with van der Waals surface area (Å²) in [4.78, 5) is 4.35. The average molecular weight is 271 g/mol. The molecule has 1 fully saturated rings. The lowest BCUT2D eigenvalue weighted by atomic mass is 9.74. The first-order valence-electron chi connectivity index (χ1n) is 7.12. The Labute approximate surface area is 119 Å². The number of nitrogens with zero attached hydrogens (tertiary/aromatic N) is 1. The summed E-state index contributed by atoms with van der Waals surface area (Å²) < 4.78 is 5.71. The van der Waals surface area contributed by atoms with Gasteiger partial charge in [-0.1, -0.05) is 12.1 Å². The molecule has 0 radical (unpaired) electrons. The number of fused-ring (bicyclic) bond motifs is 1. The van der Waals surface area contributed by atoms with E-state index in [-0.39, 0.29) is 11.6 Å². The lowest BCUT2D eigenvalue weighted by molar-refractivity contribution is -0.0838. The molecule has 106 valence electrons. The lowest BCUT2D eigenvalue weighted by Crippen LogP contribution is -2.44. The summed E-state index contributed by atoms with van der Waals surface area (Å²) in [5.74, 6) is 5.77. The van der Waals surface area contributed by atoms with Crippen molar-refractivity contribution >= 4 is 10.9 Å². The Hall–Kier alpha value is -1.49. The Bertz CT molecular complexity index is 590. The number of ether oxygens (including phenoxy) is 1. The van der Waals surface area contributed by atoms with Crippen LogP contribution in [-0.2, 0) is 4.74 Å². The smallest absolute Gasteiger partial charge is 0.0702 e. The highest BCUT2D eigenvalue weighted by molar-refractivity contribution is 5.79. The SMILES string of the molecule is COC1(CC(NN)c2ccc3ncccc3c2)CCC1. The van der Waals surface area contributed by atoms with Crippen LogP contribution in [0.3, 0.4) is 0 Å². The van der Waals surface area contributed by atoms with Crippen LogP contribution in [0.1, 0.15) is 37.3 Å². The Morgan fingerprint density at radius 2 is 2.25 bits per heavy atom. The minimum Gasteiger partial charge on any atom is -0.378 e. The van der Waals surface area contributed by atoms with E-state index in [1.54, 1.807) is 7.11 Å². The number of aromatic nitrogens is 1. The van der Waals surface area contributed by atoms with E-state index in [1.165, 1.54) is 12.0 Å². The van der Waals surface area contributed by atoms with Crippen LogP contribution < -0.4 is 11.3 Å². The second-order valence-electron chi connectivity index (χ2n) is 5.62. The molecule has 2 aromatic rings. The zero-order chi connectivity index (χ0) is 14.0. The average Bonchev–Trinajstić information content (AvgIpc) is 2.46. The third-order valence-corrected chi connectivity index (χ3v) is 4.50. The first-order chi connectivity index (χ1) is 9.76. The normalized spacial score (nSPS) is 18.7. The summed E-state index contributed by atoms with van der Waals surface area (Å²) in [5.41, 5.74) is 5.14. The van der Waals surface area contributed by atoms with Crippen LogP contribution in [0.15, 0.2) is 36.5 Å². The fraction of sp³-hybridized carbons (Fsp3) is 0.438. The molecule has 1 unspecified atom stereocenters. The third kappa shape index (κ3) is 2.42. The molecule has 1 aromatic carbocycles. The summed E-state index contributed by atoms with van der Waals surface area (Å²) in [5, 5.41) is 1.14. The Kier molecular flexibility index (Phi) is 3.70. The number of hydrogen-bond acceptors (Lipinski definition) is 4. The quantitative estimate of drug-likeness (QED) is 0.648. The number of pyridine rings is 1. The minimum atomic E-state index is 0.000924. The van der Waals surface area contributed by atoms with Gasteiger partial charge in [-0.3, -0.25) is 16.3 Å². The molecule has 20 heavy (non-hydrogen) atoms. The maximum absolute atomic E-state index is 5.77. The maximum Gasteiger partial charge on any atom is 0.0702 e.